The minimum absolute atomic E-state index is 0.242. The summed E-state index contributed by atoms with van der Waals surface area (Å²) in [6, 6.07) is -0.650. The van der Waals surface area contributed by atoms with Crippen molar-refractivity contribution in [2.24, 2.45) is 0 Å². The summed E-state index contributed by atoms with van der Waals surface area (Å²) in [7, 11) is 0. The molecule has 1 rings (SSSR count). The van der Waals surface area contributed by atoms with E-state index in [0.717, 1.165) is 5.57 Å². The number of hydrogen-bond acceptors (Lipinski definition) is 3. The second kappa shape index (κ2) is 5.43. The molecule has 0 radical (unpaired) electrons. The Morgan fingerprint density at radius 2 is 2.12 bits per heavy atom. The fraction of sp³-hybridized carbons (Fsp3) is 0.417. The Labute approximate surface area is 100.0 Å². The number of carbonyl (C=O) groups excluding carboxylic acids is 3. The van der Waals surface area contributed by atoms with Gasteiger partial charge in [-0.2, -0.15) is 0 Å². The van der Waals surface area contributed by atoms with Crippen molar-refractivity contribution in [1.82, 2.24) is 10.6 Å². The fourth-order valence-corrected chi connectivity index (χ4v) is 1.50. The quantitative estimate of drug-likeness (QED) is 0.424. The summed E-state index contributed by atoms with van der Waals surface area (Å²) in [6.07, 6.45) is 2.21. The average molecular weight is 236 g/mol. The third kappa shape index (κ3) is 3.86. The van der Waals surface area contributed by atoms with Crippen LogP contribution in [0.1, 0.15) is 26.7 Å². The van der Waals surface area contributed by atoms with Crippen molar-refractivity contribution in [3.8, 4) is 0 Å². The Morgan fingerprint density at radius 3 is 2.65 bits per heavy atom. The lowest BCUT2D eigenvalue weighted by Crippen LogP contribution is -2.52. The number of rotatable bonds is 3. The van der Waals surface area contributed by atoms with Crippen LogP contribution in [0.4, 0.5) is 0 Å². The van der Waals surface area contributed by atoms with Gasteiger partial charge in [0.25, 0.3) is 5.91 Å². The van der Waals surface area contributed by atoms with Crippen molar-refractivity contribution in [3.63, 3.8) is 0 Å². The van der Waals surface area contributed by atoms with E-state index in [2.05, 4.69) is 17.2 Å². The van der Waals surface area contributed by atoms with Gasteiger partial charge in [-0.1, -0.05) is 18.2 Å². The molecule has 0 aromatic heterocycles. The molecule has 1 atom stereocenters. The minimum atomic E-state index is -0.650. The van der Waals surface area contributed by atoms with Crippen LogP contribution in [0.5, 0.6) is 0 Å². The first-order chi connectivity index (χ1) is 7.90. The zero-order chi connectivity index (χ0) is 13.0. The maximum atomic E-state index is 11.7. The highest BCUT2D eigenvalue weighted by molar-refractivity contribution is 6.04. The van der Waals surface area contributed by atoms with E-state index in [4.69, 9.17) is 0 Å². The van der Waals surface area contributed by atoms with Gasteiger partial charge in [0.05, 0.1) is 0 Å². The Balaban J connectivity index is 2.57. The third-order valence-electron chi connectivity index (χ3n) is 2.30. The molecule has 0 aromatic carbocycles. The number of allylic oxidation sites excluding steroid dienone is 1. The van der Waals surface area contributed by atoms with Crippen LogP contribution in [0.15, 0.2) is 23.8 Å². The summed E-state index contributed by atoms with van der Waals surface area (Å²) in [5, 5.41) is 4.72. The molecular weight excluding hydrogens is 220 g/mol. The Hall–Kier alpha value is -1.91. The van der Waals surface area contributed by atoms with Gasteiger partial charge in [0, 0.05) is 12.0 Å². The van der Waals surface area contributed by atoms with E-state index >= 15 is 0 Å². The number of piperidine rings is 1. The summed E-state index contributed by atoms with van der Waals surface area (Å²) in [4.78, 5) is 34.0. The fourth-order valence-electron chi connectivity index (χ4n) is 1.50. The van der Waals surface area contributed by atoms with Crippen LogP contribution in [0.2, 0.25) is 0 Å². The molecule has 0 spiro atoms. The van der Waals surface area contributed by atoms with E-state index in [-0.39, 0.29) is 18.2 Å². The first-order valence-corrected chi connectivity index (χ1v) is 5.38. The lowest BCUT2D eigenvalue weighted by atomic mass is 10.1. The molecule has 1 aliphatic rings. The third-order valence-corrected chi connectivity index (χ3v) is 2.30. The van der Waals surface area contributed by atoms with Gasteiger partial charge in [-0.05, 0) is 20.3 Å². The number of amides is 3. The van der Waals surface area contributed by atoms with E-state index in [9.17, 15) is 14.4 Å². The molecule has 92 valence electrons. The molecule has 2 N–H and O–H groups in total. The van der Waals surface area contributed by atoms with Gasteiger partial charge in [-0.15, -0.1) is 0 Å². The van der Waals surface area contributed by atoms with Gasteiger partial charge in [-0.25, -0.2) is 0 Å². The SMILES string of the molecule is C=C(C=C(C)C)C(=O)NC1CCC(=O)NC1=O. The van der Waals surface area contributed by atoms with Crippen LogP contribution in [0.25, 0.3) is 0 Å². The molecule has 0 bridgehead atoms. The second-order valence-electron chi connectivity index (χ2n) is 4.22. The first-order valence-electron chi connectivity index (χ1n) is 5.38. The molecule has 17 heavy (non-hydrogen) atoms. The molecule has 0 aliphatic carbocycles. The topological polar surface area (TPSA) is 75.3 Å². The lowest BCUT2D eigenvalue weighted by Gasteiger charge is -2.21. The highest BCUT2D eigenvalue weighted by Crippen LogP contribution is 2.06. The summed E-state index contributed by atoms with van der Waals surface area (Å²) in [6.45, 7) is 7.32. The van der Waals surface area contributed by atoms with Crippen LogP contribution in [0.3, 0.4) is 0 Å². The van der Waals surface area contributed by atoms with Crippen molar-refractivity contribution in [1.29, 1.82) is 0 Å². The molecule has 0 saturated carbocycles. The standard InChI is InChI=1S/C12H16N2O3/c1-7(2)6-8(3)11(16)13-9-4-5-10(15)14-12(9)17/h6,9H,3-5H2,1-2H3,(H,13,16)(H,14,15,17). The molecule has 1 aliphatic heterocycles. The largest absolute Gasteiger partial charge is 0.340 e. The molecule has 1 unspecified atom stereocenters. The van der Waals surface area contributed by atoms with Crippen molar-refractivity contribution in [3.05, 3.63) is 23.8 Å². The number of nitrogens with one attached hydrogen (secondary N) is 2. The average Bonchev–Trinajstić information content (AvgIpc) is 2.21. The van der Waals surface area contributed by atoms with E-state index in [1.165, 1.54) is 0 Å². The summed E-state index contributed by atoms with van der Waals surface area (Å²) >= 11 is 0. The predicted octanol–water partition coefficient (Wildman–Crippen LogP) is 0.430. The molecule has 3 amide bonds. The monoisotopic (exact) mass is 236 g/mol. The number of imide groups is 1. The Morgan fingerprint density at radius 1 is 1.47 bits per heavy atom. The van der Waals surface area contributed by atoms with Gasteiger partial charge in [0.1, 0.15) is 6.04 Å². The predicted molar refractivity (Wildman–Crippen MR) is 62.9 cm³/mol. The van der Waals surface area contributed by atoms with Gasteiger partial charge >= 0.3 is 0 Å². The first kappa shape index (κ1) is 13.2. The summed E-state index contributed by atoms with van der Waals surface area (Å²) in [5.41, 5.74) is 1.25. The maximum Gasteiger partial charge on any atom is 0.251 e. The molecule has 5 nitrogen and oxygen atoms in total. The van der Waals surface area contributed by atoms with Crippen LogP contribution < -0.4 is 10.6 Å². The smallest absolute Gasteiger partial charge is 0.251 e. The molecular formula is C12H16N2O3. The molecule has 5 heteroatoms. The van der Waals surface area contributed by atoms with Crippen LogP contribution in [-0.4, -0.2) is 23.8 Å². The minimum Gasteiger partial charge on any atom is -0.340 e. The van der Waals surface area contributed by atoms with Crippen molar-refractivity contribution in [2.45, 2.75) is 32.7 Å². The molecule has 1 fully saturated rings. The van der Waals surface area contributed by atoms with Crippen LogP contribution >= 0.6 is 0 Å². The second-order valence-corrected chi connectivity index (χ2v) is 4.22. The maximum absolute atomic E-state index is 11.7. The highest BCUT2D eigenvalue weighted by Gasteiger charge is 2.27. The highest BCUT2D eigenvalue weighted by atomic mass is 16.2. The number of carbonyl (C=O) groups is 3. The van der Waals surface area contributed by atoms with Gasteiger partial charge < -0.3 is 5.32 Å². The summed E-state index contributed by atoms with van der Waals surface area (Å²) < 4.78 is 0. The Kier molecular flexibility index (Phi) is 4.20. The van der Waals surface area contributed by atoms with E-state index in [1.807, 2.05) is 13.8 Å². The van der Waals surface area contributed by atoms with Crippen molar-refractivity contribution in [2.75, 3.05) is 0 Å². The van der Waals surface area contributed by atoms with E-state index in [1.54, 1.807) is 6.08 Å². The van der Waals surface area contributed by atoms with Crippen molar-refractivity contribution >= 4 is 17.7 Å². The molecule has 0 aromatic rings. The lowest BCUT2D eigenvalue weighted by molar-refractivity contribution is -0.136. The zero-order valence-corrected chi connectivity index (χ0v) is 10.0. The van der Waals surface area contributed by atoms with Gasteiger partial charge in [0.15, 0.2) is 0 Å². The van der Waals surface area contributed by atoms with E-state index < -0.39 is 11.9 Å². The van der Waals surface area contributed by atoms with E-state index in [0.29, 0.717) is 12.0 Å². The van der Waals surface area contributed by atoms with Crippen molar-refractivity contribution < 1.29 is 14.4 Å². The summed E-state index contributed by atoms with van der Waals surface area (Å²) in [5.74, 6) is -1.15. The zero-order valence-electron chi connectivity index (χ0n) is 10.0. The van der Waals surface area contributed by atoms with Gasteiger partial charge in [0.2, 0.25) is 11.8 Å². The van der Waals surface area contributed by atoms with Crippen LogP contribution in [-0.2, 0) is 14.4 Å². The van der Waals surface area contributed by atoms with Gasteiger partial charge in [-0.3, -0.25) is 19.7 Å². The molecule has 1 saturated heterocycles. The van der Waals surface area contributed by atoms with Crippen LogP contribution in [0, 0.1) is 0 Å². The number of hydrogen-bond donors (Lipinski definition) is 2. The Bertz CT molecular complexity index is 406. The molecule has 1 heterocycles. The normalized spacial score (nSPS) is 19.3.